The van der Waals surface area contributed by atoms with E-state index in [2.05, 4.69) is 53.4 Å². The largest absolute Gasteiger partial charge is 0.497 e. The molecular formula is C28H35NO3. The smallest absolute Gasteiger partial charge is 0.233 e. The molecule has 32 heavy (non-hydrogen) atoms. The number of nitrogens with zero attached hydrogens (tertiary/aromatic N) is 1. The van der Waals surface area contributed by atoms with Gasteiger partial charge in [-0.3, -0.25) is 4.79 Å². The van der Waals surface area contributed by atoms with Gasteiger partial charge in [0, 0.05) is 26.3 Å². The summed E-state index contributed by atoms with van der Waals surface area (Å²) in [5, 5.41) is 0. The van der Waals surface area contributed by atoms with Crippen molar-refractivity contribution < 1.29 is 14.3 Å². The lowest BCUT2D eigenvalue weighted by molar-refractivity contribution is -0.140. The molecule has 4 heteroatoms. The molecule has 2 aromatic carbocycles. The second-order valence-corrected chi connectivity index (χ2v) is 9.94. The van der Waals surface area contributed by atoms with E-state index in [0.29, 0.717) is 36.9 Å². The molecule has 0 unspecified atom stereocenters. The van der Waals surface area contributed by atoms with Gasteiger partial charge in [-0.2, -0.15) is 0 Å². The van der Waals surface area contributed by atoms with E-state index >= 15 is 0 Å². The third kappa shape index (κ3) is 4.05. The summed E-state index contributed by atoms with van der Waals surface area (Å²) < 4.78 is 11.0. The first-order valence-electron chi connectivity index (χ1n) is 12.3. The van der Waals surface area contributed by atoms with Gasteiger partial charge in [0.25, 0.3) is 0 Å². The van der Waals surface area contributed by atoms with Crippen LogP contribution in [-0.4, -0.2) is 44.2 Å². The van der Waals surface area contributed by atoms with Gasteiger partial charge in [-0.05, 0) is 73.1 Å². The highest BCUT2D eigenvalue weighted by Gasteiger charge is 2.48. The minimum Gasteiger partial charge on any atom is -0.497 e. The van der Waals surface area contributed by atoms with Gasteiger partial charge in [-0.1, -0.05) is 48.9 Å². The van der Waals surface area contributed by atoms with Crippen LogP contribution in [0.3, 0.4) is 0 Å². The summed E-state index contributed by atoms with van der Waals surface area (Å²) >= 11 is 0. The van der Waals surface area contributed by atoms with Crippen molar-refractivity contribution in [3.05, 3.63) is 65.7 Å². The average molecular weight is 434 g/mol. The van der Waals surface area contributed by atoms with E-state index in [1.807, 2.05) is 6.07 Å². The van der Waals surface area contributed by atoms with Crippen molar-refractivity contribution in [2.24, 2.45) is 17.8 Å². The number of carbonyl (C=O) groups excluding carboxylic acids is 1. The summed E-state index contributed by atoms with van der Waals surface area (Å²) in [6, 6.07) is 19.0. The number of methoxy groups -OCH3 is 1. The van der Waals surface area contributed by atoms with Crippen LogP contribution in [0.15, 0.2) is 54.6 Å². The molecule has 1 amide bonds. The van der Waals surface area contributed by atoms with E-state index in [1.165, 1.54) is 24.8 Å². The summed E-state index contributed by atoms with van der Waals surface area (Å²) in [5.74, 6) is 3.16. The molecule has 3 fully saturated rings. The first-order chi connectivity index (χ1) is 15.7. The van der Waals surface area contributed by atoms with Crippen molar-refractivity contribution in [1.29, 1.82) is 0 Å². The zero-order valence-corrected chi connectivity index (χ0v) is 19.2. The molecule has 0 aromatic heterocycles. The second kappa shape index (κ2) is 9.27. The zero-order chi connectivity index (χ0) is 22.0. The van der Waals surface area contributed by atoms with Crippen LogP contribution < -0.4 is 4.74 Å². The third-order valence-electron chi connectivity index (χ3n) is 8.27. The van der Waals surface area contributed by atoms with Crippen LogP contribution in [0.1, 0.15) is 43.2 Å². The first-order valence-corrected chi connectivity index (χ1v) is 12.3. The molecule has 0 radical (unpaired) electrons. The van der Waals surface area contributed by atoms with Gasteiger partial charge in [0.2, 0.25) is 5.91 Å². The number of hydrogen-bond donors (Lipinski definition) is 0. The fraction of sp³-hybridized carbons (Fsp3) is 0.536. The Hall–Kier alpha value is -2.33. The van der Waals surface area contributed by atoms with Gasteiger partial charge in [0.05, 0.1) is 12.5 Å². The molecule has 0 bridgehead atoms. The molecule has 2 aromatic rings. The predicted octanol–water partition coefficient (Wildman–Crippen LogP) is 4.86. The Labute approximate surface area is 191 Å². The summed E-state index contributed by atoms with van der Waals surface area (Å²) in [6.07, 6.45) is 6.49. The Balaban J connectivity index is 1.33. The zero-order valence-electron chi connectivity index (χ0n) is 19.2. The summed E-state index contributed by atoms with van der Waals surface area (Å²) in [5.41, 5.74) is 2.13. The highest BCUT2D eigenvalue weighted by molar-refractivity contribution is 5.88. The van der Waals surface area contributed by atoms with Crippen molar-refractivity contribution >= 4 is 5.91 Å². The normalized spacial score (nSPS) is 27.0. The molecule has 1 aliphatic carbocycles. The predicted molar refractivity (Wildman–Crippen MR) is 126 cm³/mol. The molecule has 2 heterocycles. The Morgan fingerprint density at radius 1 is 1.03 bits per heavy atom. The number of fused-ring (bicyclic) bond motifs is 1. The van der Waals surface area contributed by atoms with Crippen LogP contribution in [0.5, 0.6) is 5.75 Å². The fourth-order valence-corrected chi connectivity index (χ4v) is 6.48. The van der Waals surface area contributed by atoms with Gasteiger partial charge in [-0.15, -0.1) is 0 Å². The minimum atomic E-state index is -0.418. The Morgan fingerprint density at radius 2 is 1.78 bits per heavy atom. The van der Waals surface area contributed by atoms with Crippen LogP contribution in [0.2, 0.25) is 0 Å². The minimum absolute atomic E-state index is 0.338. The lowest BCUT2D eigenvalue weighted by Gasteiger charge is -2.39. The van der Waals surface area contributed by atoms with E-state index in [0.717, 1.165) is 43.7 Å². The van der Waals surface area contributed by atoms with Crippen molar-refractivity contribution in [1.82, 2.24) is 4.90 Å². The molecular weight excluding hydrogens is 398 g/mol. The number of rotatable bonds is 5. The maximum atomic E-state index is 14.1. The van der Waals surface area contributed by atoms with Crippen LogP contribution in [0.25, 0.3) is 0 Å². The topological polar surface area (TPSA) is 38.8 Å². The van der Waals surface area contributed by atoms with Gasteiger partial charge in [-0.25, -0.2) is 0 Å². The van der Waals surface area contributed by atoms with Crippen LogP contribution in [-0.2, 0) is 21.4 Å². The maximum Gasteiger partial charge on any atom is 0.233 e. The van der Waals surface area contributed by atoms with E-state index in [9.17, 15) is 4.79 Å². The molecule has 5 rings (SSSR count). The van der Waals surface area contributed by atoms with Gasteiger partial charge >= 0.3 is 0 Å². The molecule has 0 N–H and O–H groups in total. The number of benzene rings is 2. The Bertz CT molecular complexity index is 904. The lowest BCUT2D eigenvalue weighted by atomic mass is 9.71. The van der Waals surface area contributed by atoms with E-state index in [1.54, 1.807) is 7.11 Å². The van der Waals surface area contributed by atoms with E-state index < -0.39 is 5.41 Å². The lowest BCUT2D eigenvalue weighted by Crippen LogP contribution is -2.49. The molecule has 1 saturated carbocycles. The van der Waals surface area contributed by atoms with E-state index in [4.69, 9.17) is 9.47 Å². The van der Waals surface area contributed by atoms with Gasteiger partial charge in [0.1, 0.15) is 5.75 Å². The highest BCUT2D eigenvalue weighted by Crippen LogP contribution is 2.44. The quantitative estimate of drug-likeness (QED) is 0.676. The molecule has 0 spiro atoms. The SMILES string of the molecule is COc1ccc(C[C@H]2CCC[C@@H]3CN(C(=O)C4(c5ccccc5)CCOCC4)C[C@H]23)cc1. The Kier molecular flexibility index (Phi) is 6.23. The maximum absolute atomic E-state index is 14.1. The third-order valence-corrected chi connectivity index (χ3v) is 8.27. The number of carbonyl (C=O) groups is 1. The van der Waals surface area contributed by atoms with E-state index in [-0.39, 0.29) is 0 Å². The molecule has 2 aliphatic heterocycles. The summed E-state index contributed by atoms with van der Waals surface area (Å²) in [4.78, 5) is 16.3. The molecule has 3 aliphatic rings. The van der Waals surface area contributed by atoms with Crippen molar-refractivity contribution in [2.45, 2.75) is 43.9 Å². The molecule has 2 saturated heterocycles. The summed E-state index contributed by atoms with van der Waals surface area (Å²) in [6.45, 7) is 3.18. The van der Waals surface area contributed by atoms with Crippen LogP contribution in [0, 0.1) is 17.8 Å². The van der Waals surface area contributed by atoms with Gasteiger partial charge in [0.15, 0.2) is 0 Å². The van der Waals surface area contributed by atoms with Crippen molar-refractivity contribution in [2.75, 3.05) is 33.4 Å². The average Bonchev–Trinajstić information content (AvgIpc) is 3.30. The number of ether oxygens (including phenoxy) is 2. The number of hydrogen-bond acceptors (Lipinski definition) is 3. The monoisotopic (exact) mass is 433 g/mol. The second-order valence-electron chi connectivity index (χ2n) is 9.94. The number of amides is 1. The highest BCUT2D eigenvalue weighted by atomic mass is 16.5. The van der Waals surface area contributed by atoms with Gasteiger partial charge < -0.3 is 14.4 Å². The van der Waals surface area contributed by atoms with Crippen molar-refractivity contribution in [3.8, 4) is 5.75 Å². The summed E-state index contributed by atoms with van der Waals surface area (Å²) in [7, 11) is 1.71. The molecule has 4 nitrogen and oxygen atoms in total. The molecule has 170 valence electrons. The van der Waals surface area contributed by atoms with Crippen molar-refractivity contribution in [3.63, 3.8) is 0 Å². The van der Waals surface area contributed by atoms with Crippen LogP contribution >= 0.6 is 0 Å². The Morgan fingerprint density at radius 3 is 2.50 bits per heavy atom. The fourth-order valence-electron chi connectivity index (χ4n) is 6.48. The first kappa shape index (κ1) is 21.5. The molecule has 3 atom stereocenters. The van der Waals surface area contributed by atoms with Crippen LogP contribution in [0.4, 0.5) is 0 Å². The number of likely N-dealkylation sites (tertiary alicyclic amines) is 1. The standard InChI is InChI=1S/C28H35NO3/c1-31-25-12-10-21(11-13-25)18-22-6-5-7-23-19-29(20-26(22)23)27(30)28(14-16-32-17-15-28)24-8-3-2-4-9-24/h2-4,8-13,22-23,26H,5-7,14-20H2,1H3/t22-,23-,26-/m1/s1.